The molecule has 8 aromatic rings. The van der Waals surface area contributed by atoms with Gasteiger partial charge in [-0.3, -0.25) is 9.55 Å². The summed E-state index contributed by atoms with van der Waals surface area (Å²) < 4.78 is 151. The summed E-state index contributed by atoms with van der Waals surface area (Å²) in [6.07, 6.45) is -0.688. The van der Waals surface area contributed by atoms with E-state index in [2.05, 4.69) is 18.8 Å². The van der Waals surface area contributed by atoms with Crippen molar-refractivity contribution in [3.05, 3.63) is 166 Å². The maximum absolute atomic E-state index is 11.9. The molecule has 0 bridgehead atoms. The molecule has 0 amide bonds. The highest BCUT2D eigenvalue weighted by molar-refractivity contribution is 5.97. The van der Waals surface area contributed by atoms with Gasteiger partial charge in [-0.1, -0.05) is 142 Å². The number of phenols is 1. The Morgan fingerprint density at radius 1 is 0.683 bits per heavy atom. The van der Waals surface area contributed by atoms with Gasteiger partial charge in [0.25, 0.3) is 0 Å². The lowest BCUT2D eigenvalue weighted by Crippen LogP contribution is -2.11. The lowest BCUT2D eigenvalue weighted by molar-refractivity contribution is 0.472. The van der Waals surface area contributed by atoms with Crippen LogP contribution >= 0.6 is 0 Å². The second kappa shape index (κ2) is 16.5. The van der Waals surface area contributed by atoms with Gasteiger partial charge in [-0.15, -0.1) is 0 Å². The number of para-hydroxylation sites is 1. The number of hydrogen-bond donors (Lipinski definition) is 1. The number of rotatable bonds is 8. The molecule has 2 aromatic heterocycles. The van der Waals surface area contributed by atoms with Crippen LogP contribution in [0.1, 0.15) is 143 Å². The number of nitrogens with zero attached hydrogens (tertiary/aromatic N) is 3. The van der Waals surface area contributed by atoms with Gasteiger partial charge in [0, 0.05) is 31.0 Å². The molecule has 4 heteroatoms. The van der Waals surface area contributed by atoms with Crippen LogP contribution in [-0.2, 0) is 10.8 Å². The number of benzene rings is 6. The first-order chi connectivity index (χ1) is 36.7. The second-order valence-electron chi connectivity index (χ2n) is 18.2. The van der Waals surface area contributed by atoms with E-state index in [1.54, 1.807) is 67.8 Å². The lowest BCUT2D eigenvalue weighted by atomic mass is 9.83. The summed E-state index contributed by atoms with van der Waals surface area (Å²) in [6.45, 7) is 8.69. The molecule has 0 spiro atoms. The van der Waals surface area contributed by atoms with Crippen molar-refractivity contribution in [1.82, 2.24) is 14.5 Å². The molecule has 2 heterocycles. The summed E-state index contributed by atoms with van der Waals surface area (Å²) in [4.78, 5) is 9.70. The standard InChI is InChI=1S/C59H63N3O/c1-35(2)47-16-14-17-48(36(3)4)54(47)42-22-25-52(38(6)30-42)62-53-19-15-18-49(55(53)61-57(62)50-29-37(5)28-39(7)56(50)63)43-31-44(33-46(32-43)59(11,12)13)51-34-41(26-27-60-51)40-20-23-45(24-21-40)58(8,9)10/h14-36,63H,1-13H3/i6D3,8D3,9D3,20D,21D,23D,24D,26D,27D,34D,35D. The second-order valence-corrected chi connectivity index (χ2v) is 18.2. The molecular weight excluding hydrogens is 767 g/mol. The minimum Gasteiger partial charge on any atom is -0.507 e. The van der Waals surface area contributed by atoms with Crippen LogP contribution in [0.15, 0.2) is 127 Å². The lowest BCUT2D eigenvalue weighted by Gasteiger charge is -2.22. The van der Waals surface area contributed by atoms with Crippen molar-refractivity contribution >= 4 is 11.0 Å². The zero-order valence-electron chi connectivity index (χ0n) is 54.4. The van der Waals surface area contributed by atoms with Crippen LogP contribution in [0.25, 0.3) is 72.7 Å². The molecule has 0 aliphatic heterocycles. The highest BCUT2D eigenvalue weighted by Gasteiger charge is 2.25. The number of aryl methyl sites for hydroxylation is 3. The van der Waals surface area contributed by atoms with Crippen LogP contribution in [0.4, 0.5) is 0 Å². The van der Waals surface area contributed by atoms with E-state index >= 15 is 0 Å². The van der Waals surface area contributed by atoms with Gasteiger partial charge in [0.1, 0.15) is 11.6 Å². The Balaban J connectivity index is 1.43. The van der Waals surface area contributed by atoms with Crippen molar-refractivity contribution < 1.29 is 28.4 Å². The highest BCUT2D eigenvalue weighted by atomic mass is 16.3. The number of hydrogen-bond acceptors (Lipinski definition) is 3. The largest absolute Gasteiger partial charge is 0.507 e. The van der Waals surface area contributed by atoms with Crippen LogP contribution < -0.4 is 0 Å². The molecule has 1 N–H and O–H groups in total. The van der Waals surface area contributed by atoms with Gasteiger partial charge in [-0.05, 0) is 159 Å². The van der Waals surface area contributed by atoms with Gasteiger partial charge in [0.2, 0.25) is 0 Å². The van der Waals surface area contributed by atoms with Gasteiger partial charge in [-0.25, -0.2) is 4.98 Å². The third-order valence-corrected chi connectivity index (χ3v) is 11.5. The first kappa shape index (κ1) is 27.0. The summed E-state index contributed by atoms with van der Waals surface area (Å²) in [5.74, 6) is -0.848. The number of aromatic hydroxyl groups is 1. The summed E-state index contributed by atoms with van der Waals surface area (Å²) in [5, 5.41) is 11.9. The molecule has 8 rings (SSSR count). The third-order valence-electron chi connectivity index (χ3n) is 11.5. The molecule has 0 fully saturated rings. The maximum Gasteiger partial charge on any atom is 0.149 e. The zero-order chi connectivity index (χ0) is 59.6. The molecule has 0 atom stereocenters. The predicted octanol–water partition coefficient (Wildman–Crippen LogP) is 16.2. The van der Waals surface area contributed by atoms with Crippen molar-refractivity contribution in [2.45, 2.75) is 112 Å². The molecule has 0 aliphatic carbocycles. The Bertz CT molecular complexity index is 3770. The molecule has 6 aromatic carbocycles. The molecule has 0 saturated heterocycles. The normalized spacial score (nSPS) is 16.9. The first-order valence-electron chi connectivity index (χ1n) is 29.6. The molecular formula is C59H63N3O. The zero-order valence-corrected chi connectivity index (χ0v) is 37.4. The van der Waals surface area contributed by atoms with E-state index in [-0.39, 0.29) is 40.0 Å². The predicted molar refractivity (Wildman–Crippen MR) is 267 cm³/mol. The fourth-order valence-corrected chi connectivity index (χ4v) is 8.18. The SMILES string of the molecule is [2H]c1nc(-c2cc(-c3cccc4c3nc(-c3cc(C)cc(C)c3O)n4-c3ccc(-c4c(C(C)C)cccc4C([2H])(C)C)cc3C([2H])([2H])[2H])cc(C(C)(C)C)c2)c([2H])c(-c2c([2H])c([2H])c(C(C)(C([2H])([2H])[2H])C([2H])([2H])[2H])c([2H])c2[2H])c1[2H]. The topological polar surface area (TPSA) is 50.9 Å². The Labute approximate surface area is 399 Å². The molecule has 4 nitrogen and oxygen atoms in total. The van der Waals surface area contributed by atoms with Crippen LogP contribution in [0, 0.1) is 20.7 Å². The quantitative estimate of drug-likeness (QED) is 0.166. The van der Waals surface area contributed by atoms with Gasteiger partial charge >= 0.3 is 0 Å². The van der Waals surface area contributed by atoms with Gasteiger partial charge < -0.3 is 5.11 Å². The van der Waals surface area contributed by atoms with Crippen molar-refractivity contribution in [3.8, 4) is 67.5 Å². The Morgan fingerprint density at radius 3 is 2.11 bits per heavy atom. The monoisotopic (exact) mass is 847 g/mol. The molecule has 0 aliphatic rings. The average molecular weight is 847 g/mol. The van der Waals surface area contributed by atoms with E-state index in [9.17, 15) is 6.48 Å². The van der Waals surface area contributed by atoms with Crippen LogP contribution in [0.5, 0.6) is 5.75 Å². The van der Waals surface area contributed by atoms with Gasteiger partial charge in [0.05, 0.1) is 37.6 Å². The smallest absolute Gasteiger partial charge is 0.149 e. The minimum atomic E-state index is -3.33. The van der Waals surface area contributed by atoms with E-state index in [4.69, 9.17) is 26.9 Å². The highest BCUT2D eigenvalue weighted by Crippen LogP contribution is 2.43. The summed E-state index contributed by atoms with van der Waals surface area (Å²) in [6, 6.07) is 20.4. The molecule has 320 valence electrons. The van der Waals surface area contributed by atoms with Crippen LogP contribution in [-0.4, -0.2) is 19.6 Å². The fourth-order valence-electron chi connectivity index (χ4n) is 8.18. The maximum atomic E-state index is 11.9. The van der Waals surface area contributed by atoms with Crippen molar-refractivity contribution in [2.24, 2.45) is 0 Å². The first-order valence-corrected chi connectivity index (χ1v) is 21.1. The number of pyridine rings is 1. The minimum absolute atomic E-state index is 0.0111. The number of aromatic nitrogens is 3. The Hall–Kier alpha value is -6.26. The van der Waals surface area contributed by atoms with E-state index in [0.717, 1.165) is 29.2 Å². The van der Waals surface area contributed by atoms with E-state index in [1.807, 2.05) is 70.2 Å². The molecule has 63 heavy (non-hydrogen) atoms. The van der Waals surface area contributed by atoms with Crippen LogP contribution in [0.2, 0.25) is 0 Å². The van der Waals surface area contributed by atoms with Gasteiger partial charge in [-0.2, -0.15) is 0 Å². The molecule has 0 radical (unpaired) electrons. The molecule has 0 saturated carbocycles. The number of fused-ring (bicyclic) bond motifs is 1. The van der Waals surface area contributed by atoms with Crippen molar-refractivity contribution in [3.63, 3.8) is 0 Å². The Morgan fingerprint density at radius 2 is 1.41 bits per heavy atom. The third kappa shape index (κ3) is 8.36. The van der Waals surface area contributed by atoms with Crippen molar-refractivity contribution in [1.29, 1.82) is 0 Å². The Kier molecular flexibility index (Phi) is 7.06. The summed E-state index contributed by atoms with van der Waals surface area (Å²) >= 11 is 0. The van der Waals surface area contributed by atoms with E-state index < -0.39 is 96.4 Å². The van der Waals surface area contributed by atoms with Gasteiger partial charge in [0.15, 0.2) is 0 Å². The van der Waals surface area contributed by atoms with Crippen LogP contribution in [0.3, 0.4) is 0 Å². The summed E-state index contributed by atoms with van der Waals surface area (Å²) in [7, 11) is 0. The summed E-state index contributed by atoms with van der Waals surface area (Å²) in [5.41, 5.74) is 2.19. The number of imidazole rings is 1. The van der Waals surface area contributed by atoms with E-state index in [1.165, 1.54) is 0 Å². The average Bonchev–Trinajstić information content (AvgIpc) is 3.74. The molecule has 0 unspecified atom stereocenters. The van der Waals surface area contributed by atoms with E-state index in [0.29, 0.717) is 44.4 Å². The number of phenolic OH excluding ortho intramolecular Hbond substituents is 1. The van der Waals surface area contributed by atoms with Crippen molar-refractivity contribution in [2.75, 3.05) is 0 Å². The fraction of sp³-hybridized carbons (Fsp3) is 0.288.